The molecule has 1 amide bonds. The lowest BCUT2D eigenvalue weighted by molar-refractivity contribution is -0.137. The Morgan fingerprint density at radius 3 is 2.41 bits per heavy atom. The van der Waals surface area contributed by atoms with Gasteiger partial charge in [0.15, 0.2) is 0 Å². The Morgan fingerprint density at radius 1 is 1.18 bits per heavy atom. The number of nitrogens with zero attached hydrogens (tertiary/aromatic N) is 1. The van der Waals surface area contributed by atoms with Crippen molar-refractivity contribution in [1.82, 2.24) is 0 Å². The van der Waals surface area contributed by atoms with Crippen LogP contribution in [0.4, 0.5) is 18.9 Å². The van der Waals surface area contributed by atoms with Crippen LogP contribution in [0.3, 0.4) is 0 Å². The summed E-state index contributed by atoms with van der Waals surface area (Å²) in [6.45, 7) is 0.138. The van der Waals surface area contributed by atoms with E-state index in [-0.39, 0.29) is 18.7 Å². The first-order chi connectivity index (χ1) is 7.89. The zero-order valence-corrected chi connectivity index (χ0v) is 8.62. The number of hydrogen-bond acceptors (Lipinski definition) is 2. The van der Waals surface area contributed by atoms with Crippen LogP contribution in [0.1, 0.15) is 12.0 Å². The highest BCUT2D eigenvalue weighted by atomic mass is 19.4. The third-order valence-electron chi connectivity index (χ3n) is 2.53. The predicted molar refractivity (Wildman–Crippen MR) is 53.4 cm³/mol. The molecule has 0 N–H and O–H groups in total. The second-order valence-electron chi connectivity index (χ2n) is 3.68. The number of anilines is 1. The number of Topliss-reactive ketones (excluding diaryl/α,β-unsaturated/α-hetero) is 1. The van der Waals surface area contributed by atoms with Crippen molar-refractivity contribution < 1.29 is 22.8 Å². The molecule has 2 rings (SSSR count). The van der Waals surface area contributed by atoms with Gasteiger partial charge in [-0.1, -0.05) is 6.07 Å². The van der Waals surface area contributed by atoms with Gasteiger partial charge in [0.05, 0.1) is 5.56 Å². The van der Waals surface area contributed by atoms with E-state index >= 15 is 0 Å². The molecule has 17 heavy (non-hydrogen) atoms. The highest BCUT2D eigenvalue weighted by molar-refractivity contribution is 6.43. The first-order valence-corrected chi connectivity index (χ1v) is 4.91. The Bertz CT molecular complexity index is 482. The molecule has 0 saturated carbocycles. The lowest BCUT2D eigenvalue weighted by atomic mass is 10.2. The molecule has 1 fully saturated rings. The molecular formula is C11H8F3NO2. The maximum absolute atomic E-state index is 12.5. The van der Waals surface area contributed by atoms with Gasteiger partial charge in [-0.05, 0) is 18.2 Å². The zero-order valence-electron chi connectivity index (χ0n) is 8.62. The van der Waals surface area contributed by atoms with Gasteiger partial charge in [0.2, 0.25) is 5.78 Å². The normalized spacial score (nSPS) is 16.8. The molecule has 0 atom stereocenters. The van der Waals surface area contributed by atoms with Crippen molar-refractivity contribution in [2.45, 2.75) is 12.6 Å². The van der Waals surface area contributed by atoms with Gasteiger partial charge in [0.25, 0.3) is 5.91 Å². The molecule has 1 aliphatic rings. The summed E-state index contributed by atoms with van der Waals surface area (Å²) in [4.78, 5) is 23.5. The molecule has 0 aromatic heterocycles. The van der Waals surface area contributed by atoms with Gasteiger partial charge in [0, 0.05) is 18.7 Å². The van der Waals surface area contributed by atoms with Gasteiger partial charge in [-0.15, -0.1) is 0 Å². The molecule has 0 spiro atoms. The molecule has 0 radical (unpaired) electrons. The summed E-state index contributed by atoms with van der Waals surface area (Å²) in [5.41, 5.74) is -0.724. The third-order valence-corrected chi connectivity index (χ3v) is 2.53. The Kier molecular flexibility index (Phi) is 2.65. The number of halogens is 3. The lowest BCUT2D eigenvalue weighted by Gasteiger charge is -2.16. The molecule has 0 unspecified atom stereocenters. The van der Waals surface area contributed by atoms with Crippen LogP contribution < -0.4 is 4.90 Å². The second-order valence-corrected chi connectivity index (χ2v) is 3.68. The summed E-state index contributed by atoms with van der Waals surface area (Å²) in [5, 5.41) is 0. The van der Waals surface area contributed by atoms with Gasteiger partial charge in [-0.3, -0.25) is 9.59 Å². The molecule has 1 heterocycles. The fourth-order valence-electron chi connectivity index (χ4n) is 1.67. The maximum atomic E-state index is 12.5. The van der Waals surface area contributed by atoms with Gasteiger partial charge in [-0.25, -0.2) is 0 Å². The van der Waals surface area contributed by atoms with Crippen molar-refractivity contribution in [3.05, 3.63) is 29.8 Å². The Labute approximate surface area is 94.8 Å². The van der Waals surface area contributed by atoms with Crippen molar-refractivity contribution in [3.63, 3.8) is 0 Å². The summed E-state index contributed by atoms with van der Waals surface area (Å²) in [5.74, 6) is -1.31. The molecule has 1 aromatic rings. The van der Waals surface area contributed by atoms with Crippen molar-refractivity contribution in [2.75, 3.05) is 11.4 Å². The Hall–Kier alpha value is -1.85. The number of hydrogen-bond donors (Lipinski definition) is 0. The van der Waals surface area contributed by atoms with E-state index in [9.17, 15) is 22.8 Å². The number of ketones is 1. The lowest BCUT2D eigenvalue weighted by Crippen LogP contribution is -2.27. The van der Waals surface area contributed by atoms with Crippen LogP contribution >= 0.6 is 0 Å². The number of amides is 1. The van der Waals surface area contributed by atoms with Crippen molar-refractivity contribution in [2.24, 2.45) is 0 Å². The van der Waals surface area contributed by atoms with E-state index < -0.39 is 23.4 Å². The number of carbonyl (C=O) groups excluding carboxylic acids is 2. The van der Waals surface area contributed by atoms with E-state index in [1.165, 1.54) is 12.1 Å². The molecule has 0 aliphatic carbocycles. The zero-order chi connectivity index (χ0) is 12.6. The Balaban J connectivity index is 2.35. The average Bonchev–Trinajstić information content (AvgIpc) is 2.59. The average molecular weight is 243 g/mol. The molecular weight excluding hydrogens is 235 g/mol. The predicted octanol–water partition coefficient (Wildman–Crippen LogP) is 2.01. The van der Waals surface area contributed by atoms with Crippen LogP contribution in [0.25, 0.3) is 0 Å². The third kappa shape index (κ3) is 2.15. The number of rotatable bonds is 1. The number of carbonyl (C=O) groups is 2. The minimum atomic E-state index is -4.46. The summed E-state index contributed by atoms with van der Waals surface area (Å²) >= 11 is 0. The Morgan fingerprint density at radius 2 is 1.88 bits per heavy atom. The summed E-state index contributed by atoms with van der Waals surface area (Å²) in [7, 11) is 0. The number of alkyl halides is 3. The van der Waals surface area contributed by atoms with E-state index in [0.29, 0.717) is 0 Å². The van der Waals surface area contributed by atoms with E-state index in [2.05, 4.69) is 0 Å². The van der Waals surface area contributed by atoms with Crippen LogP contribution in [0.15, 0.2) is 24.3 Å². The maximum Gasteiger partial charge on any atom is 0.416 e. The van der Waals surface area contributed by atoms with Gasteiger partial charge < -0.3 is 4.90 Å². The molecule has 3 nitrogen and oxygen atoms in total. The molecule has 1 saturated heterocycles. The van der Waals surface area contributed by atoms with E-state index in [1.807, 2.05) is 0 Å². The summed E-state index contributed by atoms with van der Waals surface area (Å²) < 4.78 is 37.4. The van der Waals surface area contributed by atoms with Gasteiger partial charge in [0.1, 0.15) is 0 Å². The van der Waals surface area contributed by atoms with Gasteiger partial charge >= 0.3 is 6.18 Å². The van der Waals surface area contributed by atoms with Crippen molar-refractivity contribution in [3.8, 4) is 0 Å². The summed E-state index contributed by atoms with van der Waals surface area (Å²) in [6.07, 6.45) is -4.40. The van der Waals surface area contributed by atoms with Crippen LogP contribution in [0.2, 0.25) is 0 Å². The standard InChI is InChI=1S/C11H8F3NO2/c12-11(13,14)7-2-1-3-8(6-7)15-5-4-9(16)10(15)17/h1-3,6H,4-5H2. The van der Waals surface area contributed by atoms with E-state index in [0.717, 1.165) is 17.0 Å². The fraction of sp³-hybridized carbons (Fsp3) is 0.273. The van der Waals surface area contributed by atoms with Crippen LogP contribution in [-0.2, 0) is 15.8 Å². The molecule has 6 heteroatoms. The summed E-state index contributed by atoms with van der Waals surface area (Å²) in [6, 6.07) is 4.39. The van der Waals surface area contributed by atoms with Crippen LogP contribution in [-0.4, -0.2) is 18.2 Å². The molecule has 0 bridgehead atoms. The first-order valence-electron chi connectivity index (χ1n) is 4.91. The van der Waals surface area contributed by atoms with Crippen LogP contribution in [0, 0.1) is 0 Å². The quantitative estimate of drug-likeness (QED) is 0.707. The fourth-order valence-corrected chi connectivity index (χ4v) is 1.67. The van der Waals surface area contributed by atoms with E-state index in [1.54, 1.807) is 0 Å². The van der Waals surface area contributed by atoms with Gasteiger partial charge in [-0.2, -0.15) is 13.2 Å². The highest BCUT2D eigenvalue weighted by Gasteiger charge is 2.34. The number of benzene rings is 1. The van der Waals surface area contributed by atoms with Crippen molar-refractivity contribution >= 4 is 17.4 Å². The highest BCUT2D eigenvalue weighted by Crippen LogP contribution is 2.32. The largest absolute Gasteiger partial charge is 0.416 e. The first kappa shape index (κ1) is 11.6. The minimum Gasteiger partial charge on any atom is -0.305 e. The van der Waals surface area contributed by atoms with Crippen LogP contribution in [0.5, 0.6) is 0 Å². The van der Waals surface area contributed by atoms with E-state index in [4.69, 9.17) is 0 Å². The minimum absolute atomic E-state index is 0.0507. The second kappa shape index (κ2) is 3.87. The topological polar surface area (TPSA) is 37.4 Å². The SMILES string of the molecule is O=C1CCN(c2cccc(C(F)(F)F)c2)C1=O. The monoisotopic (exact) mass is 243 g/mol. The molecule has 1 aliphatic heterocycles. The molecule has 90 valence electrons. The van der Waals surface area contributed by atoms with Crippen molar-refractivity contribution in [1.29, 1.82) is 0 Å². The molecule has 1 aromatic carbocycles. The smallest absolute Gasteiger partial charge is 0.305 e.